The first kappa shape index (κ1) is 10.8. The molecule has 0 bridgehead atoms. The van der Waals surface area contributed by atoms with Gasteiger partial charge in [-0.3, -0.25) is 0 Å². The first-order valence-electron chi connectivity index (χ1n) is 4.53. The first-order valence-corrected chi connectivity index (χ1v) is 6.31. The lowest BCUT2D eigenvalue weighted by molar-refractivity contribution is 0.530. The fourth-order valence-electron chi connectivity index (χ4n) is 1.15. The molecule has 2 aromatic heterocycles. The van der Waals surface area contributed by atoms with E-state index in [2.05, 4.69) is 27.8 Å². The highest BCUT2D eigenvalue weighted by Gasteiger charge is 2.05. The third kappa shape index (κ3) is 2.63. The van der Waals surface area contributed by atoms with E-state index in [1.807, 2.05) is 24.4 Å². The van der Waals surface area contributed by atoms with Gasteiger partial charge in [-0.15, -0.1) is 0 Å². The second kappa shape index (κ2) is 4.86. The van der Waals surface area contributed by atoms with Gasteiger partial charge in [0, 0.05) is 6.20 Å². The summed E-state index contributed by atoms with van der Waals surface area (Å²) in [5.74, 6) is 1.78. The molecule has 78 valence electrons. The lowest BCUT2D eigenvalue weighted by atomic mass is 10.3. The first-order chi connectivity index (χ1) is 7.27. The van der Waals surface area contributed by atoms with Crippen LogP contribution < -0.4 is 0 Å². The summed E-state index contributed by atoms with van der Waals surface area (Å²) in [6, 6.07) is 5.85. The Bertz CT molecular complexity index is 442. The van der Waals surface area contributed by atoms with Crippen LogP contribution in [-0.2, 0) is 5.75 Å². The maximum Gasteiger partial charge on any atom is 0.114 e. The average molecular weight is 284 g/mol. The molecular formula is C11H10BrNOS. The largest absolute Gasteiger partial charge is 0.468 e. The van der Waals surface area contributed by atoms with E-state index >= 15 is 0 Å². The highest BCUT2D eigenvalue weighted by Crippen LogP contribution is 2.30. The Hall–Kier alpha value is -0.740. The van der Waals surface area contributed by atoms with Gasteiger partial charge in [0.05, 0.1) is 16.5 Å². The van der Waals surface area contributed by atoms with E-state index in [-0.39, 0.29) is 0 Å². The number of furan rings is 1. The molecule has 2 heterocycles. The number of nitrogens with zero attached hydrogens (tertiary/aromatic N) is 1. The molecule has 0 atom stereocenters. The minimum Gasteiger partial charge on any atom is -0.468 e. The van der Waals surface area contributed by atoms with Crippen LogP contribution in [0.25, 0.3) is 0 Å². The van der Waals surface area contributed by atoms with Crippen LogP contribution in [0.15, 0.2) is 44.6 Å². The van der Waals surface area contributed by atoms with Gasteiger partial charge in [0.25, 0.3) is 0 Å². The SMILES string of the molecule is Cc1ccnc(SCc2ccco2)c1Br. The molecule has 2 aromatic rings. The summed E-state index contributed by atoms with van der Waals surface area (Å²) in [5.41, 5.74) is 1.20. The maximum absolute atomic E-state index is 5.26. The summed E-state index contributed by atoms with van der Waals surface area (Å²) in [6.07, 6.45) is 3.51. The minimum absolute atomic E-state index is 0.808. The van der Waals surface area contributed by atoms with Crippen molar-refractivity contribution < 1.29 is 4.42 Å². The Labute approximate surface area is 101 Å². The number of hydrogen-bond acceptors (Lipinski definition) is 3. The third-order valence-electron chi connectivity index (χ3n) is 1.98. The van der Waals surface area contributed by atoms with E-state index < -0.39 is 0 Å². The number of aromatic nitrogens is 1. The van der Waals surface area contributed by atoms with E-state index in [1.165, 1.54) is 5.56 Å². The van der Waals surface area contributed by atoms with Gasteiger partial charge in [0.1, 0.15) is 10.8 Å². The van der Waals surface area contributed by atoms with Crippen molar-refractivity contribution in [2.45, 2.75) is 17.7 Å². The van der Waals surface area contributed by atoms with Gasteiger partial charge in [0.15, 0.2) is 0 Å². The number of aryl methyl sites for hydroxylation is 1. The van der Waals surface area contributed by atoms with Crippen LogP contribution in [0.2, 0.25) is 0 Å². The summed E-state index contributed by atoms with van der Waals surface area (Å²) < 4.78 is 6.33. The minimum atomic E-state index is 0.808. The zero-order valence-corrected chi connectivity index (χ0v) is 10.6. The summed E-state index contributed by atoms with van der Waals surface area (Å²) in [6.45, 7) is 2.06. The molecule has 0 fully saturated rings. The Kier molecular flexibility index (Phi) is 3.49. The molecule has 0 aliphatic carbocycles. The fourth-order valence-corrected chi connectivity index (χ4v) is 2.59. The number of hydrogen-bond donors (Lipinski definition) is 0. The Morgan fingerprint density at radius 2 is 2.33 bits per heavy atom. The molecule has 0 unspecified atom stereocenters. The van der Waals surface area contributed by atoms with Crippen molar-refractivity contribution in [3.8, 4) is 0 Å². The summed E-state index contributed by atoms with van der Waals surface area (Å²) in [5, 5.41) is 1.01. The summed E-state index contributed by atoms with van der Waals surface area (Å²) in [4.78, 5) is 4.31. The predicted molar refractivity (Wildman–Crippen MR) is 64.9 cm³/mol. The van der Waals surface area contributed by atoms with Crippen molar-refractivity contribution in [1.29, 1.82) is 0 Å². The molecule has 0 saturated carbocycles. The quantitative estimate of drug-likeness (QED) is 0.796. The third-order valence-corrected chi connectivity index (χ3v) is 4.26. The van der Waals surface area contributed by atoms with Crippen molar-refractivity contribution in [2.75, 3.05) is 0 Å². The number of thioether (sulfide) groups is 1. The van der Waals surface area contributed by atoms with Crippen molar-refractivity contribution in [3.63, 3.8) is 0 Å². The van der Waals surface area contributed by atoms with E-state index in [0.717, 1.165) is 21.0 Å². The number of rotatable bonds is 3. The molecule has 15 heavy (non-hydrogen) atoms. The van der Waals surface area contributed by atoms with E-state index in [4.69, 9.17) is 4.42 Å². The van der Waals surface area contributed by atoms with Gasteiger partial charge in [-0.1, -0.05) is 11.8 Å². The monoisotopic (exact) mass is 283 g/mol. The lowest BCUT2D eigenvalue weighted by Gasteiger charge is -2.03. The highest BCUT2D eigenvalue weighted by molar-refractivity contribution is 9.10. The fraction of sp³-hybridized carbons (Fsp3) is 0.182. The van der Waals surface area contributed by atoms with Crippen LogP contribution in [0.3, 0.4) is 0 Å². The molecule has 0 amide bonds. The molecule has 0 aliphatic heterocycles. The average Bonchev–Trinajstić information content (AvgIpc) is 2.73. The van der Waals surface area contributed by atoms with Gasteiger partial charge >= 0.3 is 0 Å². The molecule has 0 aliphatic rings. The predicted octanol–water partition coefficient (Wildman–Crippen LogP) is 4.04. The molecule has 0 N–H and O–H groups in total. The zero-order valence-electron chi connectivity index (χ0n) is 8.24. The van der Waals surface area contributed by atoms with Crippen molar-refractivity contribution in [2.24, 2.45) is 0 Å². The van der Waals surface area contributed by atoms with E-state index in [0.29, 0.717) is 0 Å². The van der Waals surface area contributed by atoms with Gasteiger partial charge in [0.2, 0.25) is 0 Å². The molecule has 4 heteroatoms. The standard InChI is InChI=1S/C11H10BrNOS/c1-8-4-5-13-11(10(8)12)15-7-9-3-2-6-14-9/h2-6H,7H2,1H3. The Morgan fingerprint density at radius 1 is 1.47 bits per heavy atom. The second-order valence-electron chi connectivity index (χ2n) is 3.12. The van der Waals surface area contributed by atoms with Gasteiger partial charge < -0.3 is 4.42 Å². The molecule has 0 radical (unpaired) electrons. The van der Waals surface area contributed by atoms with Crippen molar-refractivity contribution in [3.05, 3.63) is 46.5 Å². The second-order valence-corrected chi connectivity index (χ2v) is 4.87. The molecule has 0 saturated heterocycles. The molecule has 0 aromatic carbocycles. The molecular weight excluding hydrogens is 274 g/mol. The van der Waals surface area contributed by atoms with Gasteiger partial charge in [-0.05, 0) is 46.6 Å². The lowest BCUT2D eigenvalue weighted by Crippen LogP contribution is -1.85. The Balaban J connectivity index is 2.08. The summed E-state index contributed by atoms with van der Waals surface area (Å²) in [7, 11) is 0. The normalized spacial score (nSPS) is 10.5. The van der Waals surface area contributed by atoms with Crippen molar-refractivity contribution in [1.82, 2.24) is 4.98 Å². The molecule has 2 rings (SSSR count). The van der Waals surface area contributed by atoms with Crippen LogP contribution >= 0.6 is 27.7 Å². The van der Waals surface area contributed by atoms with E-state index in [9.17, 15) is 0 Å². The van der Waals surface area contributed by atoms with Crippen LogP contribution in [-0.4, -0.2) is 4.98 Å². The Morgan fingerprint density at radius 3 is 3.07 bits per heavy atom. The number of pyridine rings is 1. The smallest absolute Gasteiger partial charge is 0.114 e. The van der Waals surface area contributed by atoms with Crippen LogP contribution in [0.4, 0.5) is 0 Å². The summed E-state index contributed by atoms with van der Waals surface area (Å²) >= 11 is 5.20. The molecule has 2 nitrogen and oxygen atoms in total. The van der Waals surface area contributed by atoms with Crippen LogP contribution in [0.1, 0.15) is 11.3 Å². The maximum atomic E-state index is 5.26. The number of halogens is 1. The van der Waals surface area contributed by atoms with Gasteiger partial charge in [-0.2, -0.15) is 0 Å². The highest BCUT2D eigenvalue weighted by atomic mass is 79.9. The van der Waals surface area contributed by atoms with Crippen LogP contribution in [0, 0.1) is 6.92 Å². The van der Waals surface area contributed by atoms with Crippen LogP contribution in [0.5, 0.6) is 0 Å². The van der Waals surface area contributed by atoms with E-state index in [1.54, 1.807) is 18.0 Å². The van der Waals surface area contributed by atoms with Crippen molar-refractivity contribution >= 4 is 27.7 Å². The zero-order chi connectivity index (χ0) is 10.7. The topological polar surface area (TPSA) is 26.0 Å². The van der Waals surface area contributed by atoms with Gasteiger partial charge in [-0.25, -0.2) is 4.98 Å². The molecule has 0 spiro atoms.